The van der Waals surface area contributed by atoms with Crippen LogP contribution in [-0.2, 0) is 23.7 Å². The molecule has 3 fully saturated rings. The van der Waals surface area contributed by atoms with Crippen LogP contribution in [0.15, 0.2) is 0 Å². The van der Waals surface area contributed by atoms with Gasteiger partial charge in [0.2, 0.25) is 0 Å². The lowest BCUT2D eigenvalue weighted by molar-refractivity contribution is -0.382. The Morgan fingerprint density at radius 3 is 1.64 bits per heavy atom. The second kappa shape index (κ2) is 11.0. The maximum atomic E-state index is 10.5. The Kier molecular flexibility index (Phi) is 8.99. The molecule has 0 aromatic rings. The minimum Gasteiger partial charge on any atom is -0.394 e. The molecule has 194 valence electrons. The Morgan fingerprint density at radius 1 is 0.545 bits per heavy atom. The maximum Gasteiger partial charge on any atom is 0.187 e. The van der Waals surface area contributed by atoms with Crippen LogP contribution in [0.1, 0.15) is 6.92 Å². The van der Waals surface area contributed by atoms with E-state index < -0.39 is 105 Å². The molecule has 15 heteroatoms. The monoisotopic (exact) mass is 488 g/mol. The van der Waals surface area contributed by atoms with E-state index in [9.17, 15) is 51.1 Å². The average Bonchev–Trinajstić information content (AvgIpc) is 2.80. The molecule has 0 aromatic heterocycles. The Hall–Kier alpha value is -0.600. The van der Waals surface area contributed by atoms with E-state index in [1.165, 1.54) is 6.92 Å². The molecule has 3 saturated heterocycles. The third-order valence-electron chi connectivity index (χ3n) is 6.05. The summed E-state index contributed by atoms with van der Waals surface area (Å²) in [6.07, 6.45) is -24.0. The van der Waals surface area contributed by atoms with Gasteiger partial charge in [-0.05, 0) is 6.92 Å². The van der Waals surface area contributed by atoms with Crippen LogP contribution in [0.3, 0.4) is 0 Å². The summed E-state index contributed by atoms with van der Waals surface area (Å²) in [5.41, 5.74) is 0. The highest BCUT2D eigenvalue weighted by atomic mass is 16.8. The molecule has 0 spiro atoms. The Morgan fingerprint density at radius 2 is 1.06 bits per heavy atom. The normalized spacial score (nSPS) is 53.7. The number of hydrogen-bond donors (Lipinski definition) is 10. The van der Waals surface area contributed by atoms with E-state index in [1.807, 2.05) is 0 Å². The first-order valence-electron chi connectivity index (χ1n) is 10.4. The maximum absolute atomic E-state index is 10.5. The molecule has 0 bridgehead atoms. The number of aliphatic hydroxyl groups is 10. The predicted octanol–water partition coefficient (Wildman–Crippen LogP) is -6.55. The van der Waals surface area contributed by atoms with Gasteiger partial charge >= 0.3 is 0 Å². The smallest absolute Gasteiger partial charge is 0.187 e. The highest BCUT2D eigenvalue weighted by Gasteiger charge is 2.53. The topological polar surface area (TPSA) is 248 Å². The van der Waals surface area contributed by atoms with E-state index >= 15 is 0 Å². The van der Waals surface area contributed by atoms with Crippen molar-refractivity contribution in [3.05, 3.63) is 0 Å². The molecule has 3 aliphatic rings. The van der Waals surface area contributed by atoms with Gasteiger partial charge < -0.3 is 74.7 Å². The molecule has 0 aromatic carbocycles. The van der Waals surface area contributed by atoms with Crippen LogP contribution in [0.2, 0.25) is 0 Å². The van der Waals surface area contributed by atoms with Gasteiger partial charge in [0.05, 0.1) is 19.3 Å². The zero-order chi connectivity index (χ0) is 24.6. The molecule has 1 unspecified atom stereocenters. The van der Waals surface area contributed by atoms with Gasteiger partial charge in [0.25, 0.3) is 0 Å². The number of ether oxygens (including phenoxy) is 5. The van der Waals surface area contributed by atoms with Crippen molar-refractivity contribution in [2.24, 2.45) is 0 Å². The number of aliphatic hydroxyl groups excluding tert-OH is 10. The van der Waals surface area contributed by atoms with Crippen molar-refractivity contribution < 1.29 is 74.7 Å². The number of rotatable bonds is 6. The minimum absolute atomic E-state index is 0.739. The highest BCUT2D eigenvalue weighted by Crippen LogP contribution is 2.32. The first kappa shape index (κ1) is 27.0. The zero-order valence-corrected chi connectivity index (χ0v) is 17.6. The fourth-order valence-corrected chi connectivity index (χ4v) is 3.99. The van der Waals surface area contributed by atoms with Gasteiger partial charge in [-0.1, -0.05) is 0 Å². The average molecular weight is 488 g/mol. The van der Waals surface area contributed by atoms with Gasteiger partial charge in [-0.2, -0.15) is 0 Å². The van der Waals surface area contributed by atoms with Crippen molar-refractivity contribution in [1.29, 1.82) is 0 Å². The molecule has 10 N–H and O–H groups in total. The van der Waals surface area contributed by atoms with Crippen molar-refractivity contribution in [1.82, 2.24) is 0 Å². The minimum atomic E-state index is -1.88. The van der Waals surface area contributed by atoms with E-state index in [2.05, 4.69) is 0 Å². The quantitative estimate of drug-likeness (QED) is 0.167. The summed E-state index contributed by atoms with van der Waals surface area (Å²) >= 11 is 0. The molecule has 33 heavy (non-hydrogen) atoms. The molecule has 0 radical (unpaired) electrons. The molecule has 0 saturated carbocycles. The van der Waals surface area contributed by atoms with Crippen LogP contribution >= 0.6 is 0 Å². The fourth-order valence-electron chi connectivity index (χ4n) is 3.99. The molecule has 15 nitrogen and oxygen atoms in total. The lowest BCUT2D eigenvalue weighted by atomic mass is 9.96. The predicted molar refractivity (Wildman–Crippen MR) is 99.8 cm³/mol. The molecule has 15 atom stereocenters. The van der Waals surface area contributed by atoms with Gasteiger partial charge in [-0.25, -0.2) is 0 Å². The van der Waals surface area contributed by atoms with Crippen LogP contribution in [0, 0.1) is 0 Å². The van der Waals surface area contributed by atoms with E-state index in [0.717, 1.165) is 0 Å². The molecular formula is C18H32O15. The van der Waals surface area contributed by atoms with Gasteiger partial charge in [-0.3, -0.25) is 0 Å². The van der Waals surface area contributed by atoms with Crippen molar-refractivity contribution in [2.45, 2.75) is 99.0 Å². The second-order valence-corrected chi connectivity index (χ2v) is 8.32. The standard InChI is InChI=1S/C18H32O15/c1-4-7(21)9(23)11(25)17(29-4)33-15-13(27)16(28)30-6(3-20)14(15)32-18-12(26)10(24)8(22)5(2-19)31-18/h4-28H,2-3H2,1H3/t4-,5+,6+,7+,8+,9+,10-,11-,12+,13+,14-,15+,16?,17+,18-/m0/s1. The Balaban J connectivity index is 1.83. The first-order chi connectivity index (χ1) is 15.5. The Labute approximate surface area is 187 Å². The summed E-state index contributed by atoms with van der Waals surface area (Å²) in [4.78, 5) is 0. The van der Waals surface area contributed by atoms with Crippen molar-refractivity contribution in [2.75, 3.05) is 13.2 Å². The van der Waals surface area contributed by atoms with Gasteiger partial charge in [0.15, 0.2) is 18.9 Å². The Bertz CT molecular complexity index is 624. The summed E-state index contributed by atoms with van der Waals surface area (Å²) in [6, 6.07) is 0. The molecule has 3 rings (SSSR count). The lowest BCUT2D eigenvalue weighted by Crippen LogP contribution is -2.66. The molecular weight excluding hydrogens is 456 g/mol. The van der Waals surface area contributed by atoms with Gasteiger partial charge in [0.1, 0.15) is 67.1 Å². The van der Waals surface area contributed by atoms with Crippen LogP contribution in [0.4, 0.5) is 0 Å². The summed E-state index contributed by atoms with van der Waals surface area (Å²) in [7, 11) is 0. The van der Waals surface area contributed by atoms with Crippen LogP contribution in [0.5, 0.6) is 0 Å². The van der Waals surface area contributed by atoms with Gasteiger partial charge in [-0.15, -0.1) is 0 Å². The molecule has 3 aliphatic heterocycles. The second-order valence-electron chi connectivity index (χ2n) is 8.32. The molecule has 3 heterocycles. The lowest BCUT2D eigenvalue weighted by Gasteiger charge is -2.48. The van der Waals surface area contributed by atoms with Crippen LogP contribution in [-0.4, -0.2) is 156 Å². The largest absolute Gasteiger partial charge is 0.394 e. The third kappa shape index (κ3) is 5.32. The van der Waals surface area contributed by atoms with Crippen molar-refractivity contribution >= 4 is 0 Å². The third-order valence-corrected chi connectivity index (χ3v) is 6.05. The SMILES string of the molecule is C[C@@H]1O[C@H](O[C@H]2[C@@H](O[C@@H]3O[C@H](CO)[C@@H](O)[C@H](O)[C@H]3O)[C@@H](CO)OC(O)[C@@H]2O)[C@@H](O)[C@H](O)[C@@H]1O. The van der Waals surface area contributed by atoms with E-state index in [0.29, 0.717) is 0 Å². The first-order valence-corrected chi connectivity index (χ1v) is 10.4. The zero-order valence-electron chi connectivity index (χ0n) is 17.6. The summed E-state index contributed by atoms with van der Waals surface area (Å²) in [6.45, 7) is -0.127. The van der Waals surface area contributed by atoms with E-state index in [1.54, 1.807) is 0 Å². The van der Waals surface area contributed by atoms with E-state index in [-0.39, 0.29) is 0 Å². The van der Waals surface area contributed by atoms with Crippen LogP contribution < -0.4 is 0 Å². The van der Waals surface area contributed by atoms with Crippen molar-refractivity contribution in [3.8, 4) is 0 Å². The van der Waals surface area contributed by atoms with Crippen LogP contribution in [0.25, 0.3) is 0 Å². The summed E-state index contributed by atoms with van der Waals surface area (Å²) in [5, 5.41) is 99.8. The van der Waals surface area contributed by atoms with E-state index in [4.69, 9.17) is 23.7 Å². The van der Waals surface area contributed by atoms with Crippen molar-refractivity contribution in [3.63, 3.8) is 0 Å². The summed E-state index contributed by atoms with van der Waals surface area (Å²) < 4.78 is 26.9. The fraction of sp³-hybridized carbons (Fsp3) is 1.00. The molecule has 0 amide bonds. The highest BCUT2D eigenvalue weighted by molar-refractivity contribution is 4.96. The molecule has 0 aliphatic carbocycles. The number of hydrogen-bond acceptors (Lipinski definition) is 15. The van der Waals surface area contributed by atoms with Gasteiger partial charge in [0, 0.05) is 0 Å². The summed E-state index contributed by atoms with van der Waals surface area (Å²) in [5.74, 6) is 0.